The van der Waals surface area contributed by atoms with Gasteiger partial charge in [0.15, 0.2) is 0 Å². The fourth-order valence-corrected chi connectivity index (χ4v) is 3.04. The lowest BCUT2D eigenvalue weighted by Gasteiger charge is -2.16. The van der Waals surface area contributed by atoms with Gasteiger partial charge in [-0.3, -0.25) is 9.78 Å². The molecule has 0 radical (unpaired) electrons. The fourth-order valence-electron chi connectivity index (χ4n) is 2.83. The minimum atomic E-state index is -0.152. The molecule has 0 fully saturated rings. The zero-order valence-electron chi connectivity index (χ0n) is 14.5. The van der Waals surface area contributed by atoms with Crippen molar-refractivity contribution in [2.24, 2.45) is 7.05 Å². The van der Waals surface area contributed by atoms with E-state index in [9.17, 15) is 4.79 Å². The Morgan fingerprint density at radius 2 is 1.92 bits per heavy atom. The second kappa shape index (κ2) is 6.69. The zero-order valence-corrected chi connectivity index (χ0v) is 15.3. The number of aromatic nitrogens is 3. The summed E-state index contributed by atoms with van der Waals surface area (Å²) >= 11 is 6.43. The van der Waals surface area contributed by atoms with Gasteiger partial charge in [0.05, 0.1) is 12.1 Å². The second-order valence-corrected chi connectivity index (χ2v) is 6.22. The molecule has 0 bridgehead atoms. The summed E-state index contributed by atoms with van der Waals surface area (Å²) in [7, 11) is 3.23. The number of aryl methyl sites for hydroxylation is 2. The lowest BCUT2D eigenvalue weighted by Crippen LogP contribution is -2.24. The molecule has 0 saturated heterocycles. The van der Waals surface area contributed by atoms with E-state index in [0.717, 1.165) is 16.7 Å². The number of ether oxygens (including phenoxy) is 1. The molecule has 0 aliphatic rings. The summed E-state index contributed by atoms with van der Waals surface area (Å²) in [4.78, 5) is 16.7. The normalized spacial score (nSPS) is 10.8. The van der Waals surface area contributed by atoms with Crippen molar-refractivity contribution in [3.63, 3.8) is 0 Å². The van der Waals surface area contributed by atoms with Crippen molar-refractivity contribution in [1.82, 2.24) is 14.8 Å². The van der Waals surface area contributed by atoms with Crippen molar-refractivity contribution in [2.45, 2.75) is 13.8 Å². The lowest BCUT2D eigenvalue weighted by atomic mass is 9.94. The van der Waals surface area contributed by atoms with Gasteiger partial charge in [-0.05, 0) is 43.7 Å². The fraction of sp³-hybridized carbons (Fsp3) is 0.211. The van der Waals surface area contributed by atoms with E-state index in [1.807, 2.05) is 19.1 Å². The Bertz CT molecular complexity index is 1010. The quantitative estimate of drug-likeness (QED) is 0.717. The van der Waals surface area contributed by atoms with Crippen LogP contribution in [0.25, 0.3) is 22.4 Å². The molecule has 3 aromatic rings. The highest BCUT2D eigenvalue weighted by molar-refractivity contribution is 6.33. The molecule has 0 atom stereocenters. The topological polar surface area (TPSA) is 57.0 Å². The van der Waals surface area contributed by atoms with Crippen molar-refractivity contribution in [3.8, 4) is 28.1 Å². The summed E-state index contributed by atoms with van der Waals surface area (Å²) in [5.74, 6) is 0.668. The van der Waals surface area contributed by atoms with Crippen LogP contribution in [0, 0.1) is 13.8 Å². The van der Waals surface area contributed by atoms with Gasteiger partial charge in [-0.15, -0.1) is 0 Å². The SMILES string of the molecule is COc1ccc(Cl)c(-c2nn(C)c(=O)c(C)c2-c2cnccc2C)c1. The Morgan fingerprint density at radius 3 is 2.60 bits per heavy atom. The van der Waals surface area contributed by atoms with Gasteiger partial charge in [0, 0.05) is 41.7 Å². The van der Waals surface area contributed by atoms with Crippen molar-refractivity contribution in [3.05, 3.63) is 63.2 Å². The standard InChI is InChI=1S/C19H18ClN3O2/c1-11-7-8-21-10-15(11)17-12(2)19(24)23(3)22-18(17)14-9-13(25-4)5-6-16(14)20/h5-10H,1-4H3. The number of hydrogen-bond donors (Lipinski definition) is 0. The maximum atomic E-state index is 12.5. The van der Waals surface area contributed by atoms with Crippen LogP contribution < -0.4 is 10.3 Å². The highest BCUT2D eigenvalue weighted by Crippen LogP contribution is 2.37. The Labute approximate surface area is 150 Å². The van der Waals surface area contributed by atoms with Crippen molar-refractivity contribution in [2.75, 3.05) is 7.11 Å². The number of pyridine rings is 1. The van der Waals surface area contributed by atoms with Crippen molar-refractivity contribution < 1.29 is 4.74 Å². The van der Waals surface area contributed by atoms with Crippen LogP contribution in [0.1, 0.15) is 11.1 Å². The molecule has 2 heterocycles. The van der Waals surface area contributed by atoms with E-state index in [1.165, 1.54) is 4.68 Å². The number of hydrogen-bond acceptors (Lipinski definition) is 4. The van der Waals surface area contributed by atoms with E-state index in [-0.39, 0.29) is 5.56 Å². The predicted octanol–water partition coefficient (Wildman–Crippen LogP) is 3.79. The lowest BCUT2D eigenvalue weighted by molar-refractivity contribution is 0.415. The Balaban J connectivity index is 2.42. The van der Waals surface area contributed by atoms with Gasteiger partial charge in [0.2, 0.25) is 0 Å². The molecular formula is C19H18ClN3O2. The van der Waals surface area contributed by atoms with Gasteiger partial charge in [0.1, 0.15) is 11.4 Å². The third-order valence-corrected chi connectivity index (χ3v) is 4.54. The smallest absolute Gasteiger partial charge is 0.270 e. The van der Waals surface area contributed by atoms with Crippen LogP contribution in [0.3, 0.4) is 0 Å². The number of halogens is 1. The Hall–Kier alpha value is -2.66. The van der Waals surface area contributed by atoms with Gasteiger partial charge < -0.3 is 4.74 Å². The summed E-state index contributed by atoms with van der Waals surface area (Å²) in [6.45, 7) is 3.77. The largest absolute Gasteiger partial charge is 0.497 e. The molecule has 0 spiro atoms. The maximum Gasteiger partial charge on any atom is 0.270 e. The van der Waals surface area contributed by atoms with Crippen LogP contribution in [-0.2, 0) is 7.05 Å². The molecule has 25 heavy (non-hydrogen) atoms. The zero-order chi connectivity index (χ0) is 18.1. The summed E-state index contributed by atoms with van der Waals surface area (Å²) in [6.07, 6.45) is 3.47. The van der Waals surface area contributed by atoms with Gasteiger partial charge in [-0.25, -0.2) is 4.68 Å². The first-order valence-corrected chi connectivity index (χ1v) is 8.14. The van der Waals surface area contributed by atoms with Gasteiger partial charge in [-0.2, -0.15) is 5.10 Å². The molecule has 0 unspecified atom stereocenters. The third-order valence-electron chi connectivity index (χ3n) is 4.21. The molecule has 2 aromatic heterocycles. The van der Waals surface area contributed by atoms with Crippen LogP contribution in [0.4, 0.5) is 0 Å². The second-order valence-electron chi connectivity index (χ2n) is 5.81. The first-order chi connectivity index (χ1) is 11.9. The molecular weight excluding hydrogens is 338 g/mol. The first kappa shape index (κ1) is 17.2. The molecule has 3 rings (SSSR count). The number of methoxy groups -OCH3 is 1. The average molecular weight is 356 g/mol. The molecule has 128 valence electrons. The monoisotopic (exact) mass is 355 g/mol. The van der Waals surface area contributed by atoms with E-state index in [1.54, 1.807) is 45.6 Å². The molecule has 6 heteroatoms. The summed E-state index contributed by atoms with van der Waals surface area (Å²) in [6, 6.07) is 7.28. The van der Waals surface area contributed by atoms with E-state index >= 15 is 0 Å². The third kappa shape index (κ3) is 3.03. The average Bonchev–Trinajstić information content (AvgIpc) is 2.61. The van der Waals surface area contributed by atoms with Gasteiger partial charge in [0.25, 0.3) is 5.56 Å². The van der Waals surface area contributed by atoms with E-state index in [0.29, 0.717) is 27.6 Å². The van der Waals surface area contributed by atoms with Gasteiger partial charge >= 0.3 is 0 Å². The highest BCUT2D eigenvalue weighted by atomic mass is 35.5. The van der Waals surface area contributed by atoms with Gasteiger partial charge in [-0.1, -0.05) is 11.6 Å². The molecule has 5 nitrogen and oxygen atoms in total. The van der Waals surface area contributed by atoms with E-state index < -0.39 is 0 Å². The van der Waals surface area contributed by atoms with Crippen molar-refractivity contribution in [1.29, 1.82) is 0 Å². The van der Waals surface area contributed by atoms with Crippen LogP contribution in [-0.4, -0.2) is 21.9 Å². The molecule has 0 N–H and O–H groups in total. The van der Waals surface area contributed by atoms with Crippen LogP contribution in [0.15, 0.2) is 41.5 Å². The molecule has 0 saturated carbocycles. The Morgan fingerprint density at radius 1 is 1.16 bits per heavy atom. The van der Waals surface area contributed by atoms with Crippen molar-refractivity contribution >= 4 is 11.6 Å². The summed E-state index contributed by atoms with van der Waals surface area (Å²) in [5, 5.41) is 5.03. The number of nitrogens with zero attached hydrogens (tertiary/aromatic N) is 3. The molecule has 0 aliphatic heterocycles. The maximum absolute atomic E-state index is 12.5. The van der Waals surface area contributed by atoms with Crippen LogP contribution >= 0.6 is 11.6 Å². The van der Waals surface area contributed by atoms with E-state index in [4.69, 9.17) is 16.3 Å². The minimum Gasteiger partial charge on any atom is -0.497 e. The predicted molar refractivity (Wildman–Crippen MR) is 99.2 cm³/mol. The molecule has 0 aliphatic carbocycles. The van der Waals surface area contributed by atoms with Crippen LogP contribution in [0.5, 0.6) is 5.75 Å². The first-order valence-electron chi connectivity index (χ1n) is 7.77. The minimum absolute atomic E-state index is 0.152. The summed E-state index contributed by atoms with van der Waals surface area (Å²) in [5.41, 5.74) is 4.39. The molecule has 0 amide bonds. The number of benzene rings is 1. The molecule has 1 aromatic carbocycles. The van der Waals surface area contributed by atoms with E-state index in [2.05, 4.69) is 10.1 Å². The summed E-state index contributed by atoms with van der Waals surface area (Å²) < 4.78 is 6.65. The van der Waals surface area contributed by atoms with Crippen LogP contribution in [0.2, 0.25) is 5.02 Å². The highest BCUT2D eigenvalue weighted by Gasteiger charge is 2.20. The number of rotatable bonds is 3. The Kier molecular flexibility index (Phi) is 4.59.